The second-order valence-electron chi connectivity index (χ2n) is 7.91. The van der Waals surface area contributed by atoms with E-state index < -0.39 is 0 Å². The molecule has 0 saturated carbocycles. The van der Waals surface area contributed by atoms with Crippen molar-refractivity contribution >= 4 is 34.7 Å². The van der Waals surface area contributed by atoms with E-state index in [1.165, 1.54) is 13.4 Å². The highest BCUT2D eigenvalue weighted by Crippen LogP contribution is 2.37. The van der Waals surface area contributed by atoms with Crippen molar-refractivity contribution in [1.82, 2.24) is 20.2 Å². The monoisotopic (exact) mass is 451 g/mol. The molecule has 172 valence electrons. The molecule has 1 saturated heterocycles. The van der Waals surface area contributed by atoms with Crippen molar-refractivity contribution in [1.29, 1.82) is 0 Å². The van der Waals surface area contributed by atoms with Crippen LogP contribution in [-0.2, 0) is 9.59 Å². The molecule has 33 heavy (non-hydrogen) atoms. The summed E-state index contributed by atoms with van der Waals surface area (Å²) < 4.78 is 11.1. The molecule has 4 aliphatic heterocycles. The lowest BCUT2D eigenvalue weighted by Crippen LogP contribution is -2.49. The lowest BCUT2D eigenvalue weighted by atomic mass is 10.1. The second-order valence-corrected chi connectivity index (χ2v) is 7.91. The number of hydrogen-bond acceptors (Lipinski definition) is 9. The SMILES string of the molecule is COc1ccc2cc1OCC(=O)NCCN1CCN(CC1)c1ncnc3c1/C(=C/N2)C(=O)N3. The third-order valence-electron chi connectivity index (χ3n) is 5.90. The van der Waals surface area contributed by atoms with E-state index in [9.17, 15) is 9.59 Å². The minimum atomic E-state index is -0.242. The minimum Gasteiger partial charge on any atom is -0.493 e. The summed E-state index contributed by atoms with van der Waals surface area (Å²) in [5, 5.41) is 8.89. The molecule has 0 radical (unpaired) electrons. The number of rotatable bonds is 1. The number of aromatic nitrogens is 2. The first kappa shape index (κ1) is 21.0. The van der Waals surface area contributed by atoms with Crippen molar-refractivity contribution in [2.24, 2.45) is 0 Å². The third-order valence-corrected chi connectivity index (χ3v) is 5.90. The Bertz CT molecular complexity index is 1110. The smallest absolute Gasteiger partial charge is 0.259 e. The van der Waals surface area contributed by atoms with Crippen molar-refractivity contribution in [2.45, 2.75) is 0 Å². The molecule has 0 atom stereocenters. The highest BCUT2D eigenvalue weighted by molar-refractivity contribution is 6.32. The van der Waals surface area contributed by atoms with Crippen LogP contribution in [0.2, 0.25) is 0 Å². The van der Waals surface area contributed by atoms with Crippen molar-refractivity contribution in [2.75, 3.05) is 68.5 Å². The van der Waals surface area contributed by atoms with E-state index in [-0.39, 0.29) is 18.4 Å². The summed E-state index contributed by atoms with van der Waals surface area (Å²) in [5.41, 5.74) is 1.83. The van der Waals surface area contributed by atoms with Crippen LogP contribution in [0.1, 0.15) is 5.56 Å². The van der Waals surface area contributed by atoms with Gasteiger partial charge in [0.15, 0.2) is 18.1 Å². The van der Waals surface area contributed by atoms with Gasteiger partial charge in [0.05, 0.1) is 18.2 Å². The van der Waals surface area contributed by atoms with Gasteiger partial charge in [-0.3, -0.25) is 14.5 Å². The van der Waals surface area contributed by atoms with Gasteiger partial charge in [0.1, 0.15) is 18.0 Å². The summed E-state index contributed by atoms with van der Waals surface area (Å²) >= 11 is 0. The average Bonchev–Trinajstić information content (AvgIpc) is 3.16. The van der Waals surface area contributed by atoms with Gasteiger partial charge in [0.25, 0.3) is 11.8 Å². The molecule has 0 spiro atoms. The van der Waals surface area contributed by atoms with Gasteiger partial charge in [-0.25, -0.2) is 9.97 Å². The van der Waals surface area contributed by atoms with E-state index in [0.717, 1.165) is 38.5 Å². The predicted octanol–water partition coefficient (Wildman–Crippen LogP) is 0.521. The van der Waals surface area contributed by atoms with Gasteiger partial charge in [-0.2, -0.15) is 0 Å². The van der Waals surface area contributed by atoms with Crippen LogP contribution in [0.25, 0.3) is 5.57 Å². The van der Waals surface area contributed by atoms with Gasteiger partial charge < -0.3 is 30.3 Å². The van der Waals surface area contributed by atoms with Crippen molar-refractivity contribution in [3.63, 3.8) is 0 Å². The summed E-state index contributed by atoms with van der Waals surface area (Å²) in [6.07, 6.45) is 3.12. The number of nitrogens with one attached hydrogen (secondary N) is 3. The first-order valence-corrected chi connectivity index (χ1v) is 10.8. The number of anilines is 3. The molecule has 11 heteroatoms. The number of methoxy groups -OCH3 is 1. The fraction of sp³-hybridized carbons (Fsp3) is 0.364. The molecule has 2 amide bonds. The molecule has 4 aliphatic rings. The molecule has 11 nitrogen and oxygen atoms in total. The zero-order valence-electron chi connectivity index (χ0n) is 18.3. The Morgan fingerprint density at radius 2 is 1.94 bits per heavy atom. The Labute approximate surface area is 190 Å². The van der Waals surface area contributed by atoms with E-state index in [1.54, 1.807) is 24.4 Å². The number of benzene rings is 1. The molecule has 5 heterocycles. The fourth-order valence-corrected chi connectivity index (χ4v) is 4.15. The van der Waals surface area contributed by atoms with Crippen LogP contribution in [0.4, 0.5) is 17.3 Å². The largest absolute Gasteiger partial charge is 0.493 e. The highest BCUT2D eigenvalue weighted by Gasteiger charge is 2.32. The molecule has 2 aromatic rings. The molecule has 1 aromatic heterocycles. The number of carbonyl (C=O) groups is 2. The molecular formula is C22H25N7O4. The molecular weight excluding hydrogens is 426 g/mol. The first-order chi connectivity index (χ1) is 16.1. The van der Waals surface area contributed by atoms with Gasteiger partial charge >= 0.3 is 0 Å². The zero-order chi connectivity index (χ0) is 22.8. The van der Waals surface area contributed by atoms with Crippen LogP contribution in [0.5, 0.6) is 11.5 Å². The maximum absolute atomic E-state index is 12.7. The molecule has 6 rings (SSSR count). The molecule has 0 unspecified atom stereocenters. The van der Waals surface area contributed by atoms with Crippen molar-refractivity contribution < 1.29 is 19.1 Å². The van der Waals surface area contributed by atoms with Crippen molar-refractivity contribution in [3.8, 4) is 11.5 Å². The Kier molecular flexibility index (Phi) is 5.69. The van der Waals surface area contributed by atoms with Gasteiger partial charge in [0, 0.05) is 57.2 Å². The topological polar surface area (TPSA) is 121 Å². The van der Waals surface area contributed by atoms with Crippen LogP contribution in [0.15, 0.2) is 30.7 Å². The number of carbonyl (C=O) groups excluding carboxylic acids is 2. The van der Waals surface area contributed by atoms with Crippen molar-refractivity contribution in [3.05, 3.63) is 36.3 Å². The predicted molar refractivity (Wildman–Crippen MR) is 122 cm³/mol. The Morgan fingerprint density at radius 1 is 1.09 bits per heavy atom. The van der Waals surface area contributed by atoms with Crippen LogP contribution < -0.4 is 30.3 Å². The molecule has 3 N–H and O–H groups in total. The number of amides is 2. The third kappa shape index (κ3) is 4.27. The van der Waals surface area contributed by atoms with E-state index in [4.69, 9.17) is 9.47 Å². The summed E-state index contributed by atoms with van der Waals surface area (Å²) in [5.74, 6) is 1.74. The maximum Gasteiger partial charge on any atom is 0.259 e. The van der Waals surface area contributed by atoms with E-state index in [1.807, 2.05) is 0 Å². The summed E-state index contributed by atoms with van der Waals surface area (Å²) in [6.45, 7) is 4.33. The van der Waals surface area contributed by atoms with Crippen LogP contribution in [-0.4, -0.2) is 79.7 Å². The number of fused-ring (bicyclic) bond motifs is 8. The van der Waals surface area contributed by atoms with E-state index in [0.29, 0.717) is 40.7 Å². The molecule has 1 aromatic carbocycles. The van der Waals surface area contributed by atoms with Gasteiger partial charge in [0.2, 0.25) is 0 Å². The summed E-state index contributed by atoms with van der Waals surface area (Å²) in [4.78, 5) is 38.2. The number of hydrogen-bond donors (Lipinski definition) is 3. The maximum atomic E-state index is 12.7. The van der Waals surface area contributed by atoms with E-state index >= 15 is 0 Å². The normalized spacial score (nSPS) is 20.3. The molecule has 0 aliphatic carbocycles. The second kappa shape index (κ2) is 8.94. The number of nitrogens with zero attached hydrogens (tertiary/aromatic N) is 4. The van der Waals surface area contributed by atoms with Gasteiger partial charge in [-0.05, 0) is 12.1 Å². The Morgan fingerprint density at radius 3 is 2.76 bits per heavy atom. The Balaban J connectivity index is 1.52. The zero-order valence-corrected chi connectivity index (χ0v) is 18.3. The lowest BCUT2D eigenvalue weighted by molar-refractivity contribution is -0.123. The van der Waals surface area contributed by atoms with E-state index in [2.05, 4.69) is 35.7 Å². The average molecular weight is 451 g/mol. The first-order valence-electron chi connectivity index (χ1n) is 10.8. The molecule has 1 fully saturated rings. The van der Waals surface area contributed by atoms with Crippen LogP contribution in [0, 0.1) is 0 Å². The minimum absolute atomic E-state index is 0.120. The summed E-state index contributed by atoms with van der Waals surface area (Å²) in [7, 11) is 1.54. The number of ether oxygens (including phenoxy) is 2. The van der Waals surface area contributed by atoms with Crippen LogP contribution in [0.3, 0.4) is 0 Å². The van der Waals surface area contributed by atoms with Crippen LogP contribution >= 0.6 is 0 Å². The quantitative estimate of drug-likeness (QED) is 0.570. The fourth-order valence-electron chi connectivity index (χ4n) is 4.15. The highest BCUT2D eigenvalue weighted by atomic mass is 16.5. The standard InChI is InChI=1S/C22H25N7O4/c1-32-16-3-2-14-10-17(16)33-12-18(30)23-4-5-28-6-8-29(9-7-28)21-19-15(11-24-14)22(31)27-20(19)25-13-26-21/h2-3,10-11,13,24H,4-9,12H2,1H3,(H,23,30)(H,25,26,27,31)/b15-11-. The van der Waals surface area contributed by atoms with Gasteiger partial charge in [-0.1, -0.05) is 0 Å². The lowest BCUT2D eigenvalue weighted by Gasteiger charge is -2.36. The number of piperazine rings is 1. The molecule has 4 bridgehead atoms. The Hall–Kier alpha value is -3.86. The summed E-state index contributed by atoms with van der Waals surface area (Å²) in [6, 6.07) is 5.26. The van der Waals surface area contributed by atoms with Gasteiger partial charge in [-0.15, -0.1) is 0 Å².